The van der Waals surface area contributed by atoms with Crippen molar-refractivity contribution in [2.45, 2.75) is 0 Å². The fourth-order valence-electron chi connectivity index (χ4n) is 2.79. The maximum Gasteiger partial charge on any atom is 0.123 e. The number of aromatic hydroxyl groups is 1. The van der Waals surface area contributed by atoms with E-state index in [4.69, 9.17) is 0 Å². The molecular formula is C20H15NO. The minimum atomic E-state index is 0.309. The van der Waals surface area contributed by atoms with Gasteiger partial charge in [0.25, 0.3) is 0 Å². The minimum absolute atomic E-state index is 0.309. The molecule has 2 heteroatoms. The van der Waals surface area contributed by atoms with Crippen LogP contribution in [0, 0.1) is 0 Å². The number of para-hydroxylation sites is 1. The van der Waals surface area contributed by atoms with Crippen molar-refractivity contribution < 1.29 is 5.11 Å². The molecule has 4 rings (SSSR count). The lowest BCUT2D eigenvalue weighted by Crippen LogP contribution is -1.81. The molecule has 0 unspecified atom stereocenters. The Kier molecular flexibility index (Phi) is 2.94. The van der Waals surface area contributed by atoms with Gasteiger partial charge >= 0.3 is 0 Å². The summed E-state index contributed by atoms with van der Waals surface area (Å²) in [5.74, 6) is 0.309. The van der Waals surface area contributed by atoms with Gasteiger partial charge in [0, 0.05) is 17.3 Å². The molecule has 0 aliphatic carbocycles. The van der Waals surface area contributed by atoms with Gasteiger partial charge in [-0.3, -0.25) is 0 Å². The van der Waals surface area contributed by atoms with E-state index >= 15 is 0 Å². The number of hydrogen-bond acceptors (Lipinski definition) is 1. The largest absolute Gasteiger partial charge is 0.507 e. The van der Waals surface area contributed by atoms with E-state index in [1.165, 1.54) is 16.5 Å². The maximum absolute atomic E-state index is 9.94. The standard InChI is InChI=1S/C20H15NO/c22-20-4-2-1-3-18(20)15-7-5-14(6-8-15)16-9-10-19-17(13-16)11-12-21-19/h1-13,21-22H. The molecule has 3 aromatic carbocycles. The number of benzene rings is 3. The quantitative estimate of drug-likeness (QED) is 0.521. The summed E-state index contributed by atoms with van der Waals surface area (Å²) in [5.41, 5.74) is 5.38. The summed E-state index contributed by atoms with van der Waals surface area (Å²) in [6, 6.07) is 24.2. The molecular weight excluding hydrogens is 270 g/mol. The first-order valence-electron chi connectivity index (χ1n) is 7.27. The monoisotopic (exact) mass is 285 g/mol. The van der Waals surface area contributed by atoms with Gasteiger partial charge in [-0.15, -0.1) is 0 Å². The fraction of sp³-hybridized carbons (Fsp3) is 0. The molecule has 22 heavy (non-hydrogen) atoms. The van der Waals surface area contributed by atoms with Crippen LogP contribution in [0.15, 0.2) is 79.0 Å². The van der Waals surface area contributed by atoms with Crippen molar-refractivity contribution in [3.63, 3.8) is 0 Å². The Morgan fingerprint density at radius 1 is 0.682 bits per heavy atom. The molecule has 106 valence electrons. The lowest BCUT2D eigenvalue weighted by molar-refractivity contribution is 0.477. The number of H-pyrrole nitrogens is 1. The van der Waals surface area contributed by atoms with Crippen LogP contribution in [0.2, 0.25) is 0 Å². The highest BCUT2D eigenvalue weighted by molar-refractivity contribution is 5.85. The summed E-state index contributed by atoms with van der Waals surface area (Å²) >= 11 is 0. The number of phenolic OH excluding ortho intramolecular Hbond substituents is 1. The van der Waals surface area contributed by atoms with Crippen LogP contribution in [-0.2, 0) is 0 Å². The molecule has 0 aliphatic heterocycles. The Morgan fingerprint density at radius 2 is 1.41 bits per heavy atom. The van der Waals surface area contributed by atoms with Gasteiger partial charge in [0.2, 0.25) is 0 Å². The zero-order valence-electron chi connectivity index (χ0n) is 12.0. The highest BCUT2D eigenvalue weighted by Gasteiger charge is 2.04. The van der Waals surface area contributed by atoms with Crippen LogP contribution >= 0.6 is 0 Å². The number of rotatable bonds is 2. The number of nitrogens with one attached hydrogen (secondary N) is 1. The van der Waals surface area contributed by atoms with Crippen LogP contribution in [-0.4, -0.2) is 10.1 Å². The summed E-state index contributed by atoms with van der Waals surface area (Å²) in [7, 11) is 0. The van der Waals surface area contributed by atoms with Crippen LogP contribution in [0.4, 0.5) is 0 Å². The Balaban J connectivity index is 1.73. The van der Waals surface area contributed by atoms with Gasteiger partial charge in [-0.05, 0) is 46.3 Å². The molecule has 2 nitrogen and oxygen atoms in total. The Bertz CT molecular complexity index is 935. The summed E-state index contributed by atoms with van der Waals surface area (Å²) in [6.07, 6.45) is 1.95. The second-order valence-electron chi connectivity index (χ2n) is 5.37. The van der Waals surface area contributed by atoms with Gasteiger partial charge in [-0.2, -0.15) is 0 Å². The Morgan fingerprint density at radius 3 is 2.23 bits per heavy atom. The molecule has 1 aromatic heterocycles. The number of fused-ring (bicyclic) bond motifs is 1. The molecule has 4 aromatic rings. The second kappa shape index (κ2) is 5.08. The van der Waals surface area contributed by atoms with Crippen molar-refractivity contribution in [3.8, 4) is 28.0 Å². The van der Waals surface area contributed by atoms with Gasteiger partial charge < -0.3 is 10.1 Å². The van der Waals surface area contributed by atoms with Crippen molar-refractivity contribution in [2.24, 2.45) is 0 Å². The Hall–Kier alpha value is -3.00. The average Bonchev–Trinajstić information content (AvgIpc) is 3.03. The molecule has 0 radical (unpaired) electrons. The predicted molar refractivity (Wildman–Crippen MR) is 90.8 cm³/mol. The molecule has 0 spiro atoms. The normalized spacial score (nSPS) is 10.9. The van der Waals surface area contributed by atoms with Crippen LogP contribution in [0.5, 0.6) is 5.75 Å². The second-order valence-corrected chi connectivity index (χ2v) is 5.37. The third-order valence-corrected chi connectivity index (χ3v) is 3.99. The molecule has 0 bridgehead atoms. The SMILES string of the molecule is Oc1ccccc1-c1ccc(-c2ccc3[nH]ccc3c2)cc1. The van der Waals surface area contributed by atoms with Gasteiger partial charge in [0.15, 0.2) is 0 Å². The minimum Gasteiger partial charge on any atom is -0.507 e. The van der Waals surface area contributed by atoms with E-state index in [0.29, 0.717) is 5.75 Å². The molecule has 0 atom stereocenters. The average molecular weight is 285 g/mol. The number of phenols is 1. The fourth-order valence-corrected chi connectivity index (χ4v) is 2.79. The molecule has 1 heterocycles. The lowest BCUT2D eigenvalue weighted by Gasteiger charge is -2.07. The first kappa shape index (κ1) is 12.7. The van der Waals surface area contributed by atoms with E-state index < -0.39 is 0 Å². The number of aromatic amines is 1. The predicted octanol–water partition coefficient (Wildman–Crippen LogP) is 5.21. The number of aromatic nitrogens is 1. The zero-order chi connectivity index (χ0) is 14.9. The van der Waals surface area contributed by atoms with Gasteiger partial charge in [-0.1, -0.05) is 48.5 Å². The van der Waals surface area contributed by atoms with Crippen LogP contribution in [0.1, 0.15) is 0 Å². The molecule has 0 saturated heterocycles. The number of hydrogen-bond donors (Lipinski definition) is 2. The Labute approximate surface area is 128 Å². The van der Waals surface area contributed by atoms with Crippen molar-refractivity contribution in [1.29, 1.82) is 0 Å². The van der Waals surface area contributed by atoms with E-state index in [-0.39, 0.29) is 0 Å². The van der Waals surface area contributed by atoms with E-state index in [0.717, 1.165) is 16.6 Å². The lowest BCUT2D eigenvalue weighted by atomic mass is 9.99. The topological polar surface area (TPSA) is 36.0 Å². The van der Waals surface area contributed by atoms with Crippen LogP contribution in [0.25, 0.3) is 33.2 Å². The summed E-state index contributed by atoms with van der Waals surface area (Å²) in [5, 5.41) is 11.2. The van der Waals surface area contributed by atoms with Crippen molar-refractivity contribution in [3.05, 3.63) is 79.0 Å². The van der Waals surface area contributed by atoms with Gasteiger partial charge in [-0.25, -0.2) is 0 Å². The molecule has 0 saturated carbocycles. The smallest absolute Gasteiger partial charge is 0.123 e. The van der Waals surface area contributed by atoms with E-state index in [1.54, 1.807) is 6.07 Å². The van der Waals surface area contributed by atoms with Crippen LogP contribution in [0.3, 0.4) is 0 Å². The van der Waals surface area contributed by atoms with E-state index in [1.807, 2.05) is 36.5 Å². The van der Waals surface area contributed by atoms with E-state index in [2.05, 4.69) is 41.4 Å². The highest BCUT2D eigenvalue weighted by atomic mass is 16.3. The summed E-state index contributed by atoms with van der Waals surface area (Å²) in [4.78, 5) is 3.21. The van der Waals surface area contributed by atoms with E-state index in [9.17, 15) is 5.11 Å². The van der Waals surface area contributed by atoms with Crippen molar-refractivity contribution in [1.82, 2.24) is 4.98 Å². The molecule has 2 N–H and O–H groups in total. The summed E-state index contributed by atoms with van der Waals surface area (Å²) in [6.45, 7) is 0. The molecule has 0 aliphatic rings. The first-order chi connectivity index (χ1) is 10.8. The highest BCUT2D eigenvalue weighted by Crippen LogP contribution is 2.31. The summed E-state index contributed by atoms with van der Waals surface area (Å²) < 4.78 is 0. The van der Waals surface area contributed by atoms with Gasteiger partial charge in [0.05, 0.1) is 0 Å². The molecule has 0 amide bonds. The first-order valence-corrected chi connectivity index (χ1v) is 7.27. The molecule has 0 fully saturated rings. The van der Waals surface area contributed by atoms with Crippen molar-refractivity contribution in [2.75, 3.05) is 0 Å². The zero-order valence-corrected chi connectivity index (χ0v) is 12.0. The third-order valence-electron chi connectivity index (χ3n) is 3.99. The van der Waals surface area contributed by atoms with Crippen molar-refractivity contribution >= 4 is 10.9 Å². The maximum atomic E-state index is 9.94. The third kappa shape index (κ3) is 2.15. The van der Waals surface area contributed by atoms with Crippen LogP contribution < -0.4 is 0 Å². The van der Waals surface area contributed by atoms with Gasteiger partial charge in [0.1, 0.15) is 5.75 Å².